The Hall–Kier alpha value is 0. The van der Waals surface area contributed by atoms with E-state index in [0.29, 0.717) is 0 Å². The van der Waals surface area contributed by atoms with E-state index in [4.69, 9.17) is 6.85 Å². The van der Waals surface area contributed by atoms with Gasteiger partial charge in [-0.15, -0.1) is 0 Å². The van der Waals surface area contributed by atoms with Gasteiger partial charge < -0.3 is 0 Å². The molecule has 0 spiro atoms. The molecule has 0 radical (unpaired) electrons. The normalized spacial score (nSPS) is 38.2. The fourth-order valence-electron chi connectivity index (χ4n) is 0.118. The van der Waals surface area contributed by atoms with E-state index in [9.17, 15) is 0 Å². The zero-order chi connectivity index (χ0) is 8.36. The summed E-state index contributed by atoms with van der Waals surface area (Å²) in [6.07, 6.45) is -1.58. The highest BCUT2D eigenvalue weighted by atomic mass is 13.7. The van der Waals surface area contributed by atoms with Crippen LogP contribution in [0.25, 0.3) is 0 Å². The summed E-state index contributed by atoms with van der Waals surface area (Å²) in [5, 5.41) is 0. The molecule has 0 amide bonds. The molecular weight excluding hydrogens is 60.1 g/mol. The van der Waals surface area contributed by atoms with Gasteiger partial charge >= 0.3 is 0 Å². The Morgan fingerprint density at radius 2 is 2.80 bits per heavy atom. The van der Waals surface area contributed by atoms with Crippen molar-refractivity contribution < 1.29 is 6.85 Å². The van der Waals surface area contributed by atoms with E-state index in [0.717, 1.165) is 0 Å². The first kappa shape index (κ1) is 0.988. The Kier molecular flexibility index (Phi) is 0.790. The zero-order valence-corrected chi connectivity index (χ0v) is 3.36. The van der Waals surface area contributed by atoms with E-state index >= 15 is 0 Å². The molecule has 0 aliphatic heterocycles. The molecule has 0 nitrogen and oxygen atoms in total. The average Bonchev–Trinajstić information content (AvgIpc) is 1.60. The predicted molar refractivity (Wildman–Crippen MR) is 25.2 cm³/mol. The molecule has 0 saturated carbocycles. The predicted octanol–water partition coefficient (Wildman–Crippen LogP) is 2.20. The summed E-state index contributed by atoms with van der Waals surface area (Å²) in [7, 11) is 0. The summed E-state index contributed by atoms with van der Waals surface area (Å²) in [4.78, 5) is 0. The standard InChI is InChI=1S/C5H12/c1-3-5-4-2/h3-5H2,1-2H3/i1D3,4D,5D. The lowest BCUT2D eigenvalue weighted by Crippen LogP contribution is -1.59. The Balaban J connectivity index is 3.68. The van der Waals surface area contributed by atoms with Crippen LogP contribution in [0.15, 0.2) is 0 Å². The van der Waals surface area contributed by atoms with Gasteiger partial charge in [-0.25, -0.2) is 0 Å². The van der Waals surface area contributed by atoms with E-state index in [1.54, 1.807) is 0 Å². The van der Waals surface area contributed by atoms with Crippen LogP contribution in [0.2, 0.25) is 0 Å². The van der Waals surface area contributed by atoms with Gasteiger partial charge in [0, 0.05) is 6.85 Å². The number of hydrogen-bond donors (Lipinski definition) is 0. The van der Waals surface area contributed by atoms with Crippen molar-refractivity contribution in [3.05, 3.63) is 0 Å². The number of rotatable bonds is 2. The molecule has 0 aliphatic rings. The lowest BCUT2D eigenvalue weighted by atomic mass is 10.3. The van der Waals surface area contributed by atoms with Crippen molar-refractivity contribution >= 4 is 0 Å². The van der Waals surface area contributed by atoms with Crippen LogP contribution in [0.5, 0.6) is 0 Å². The van der Waals surface area contributed by atoms with Gasteiger partial charge in [0.2, 0.25) is 0 Å². The van der Waals surface area contributed by atoms with Crippen LogP contribution in [0.4, 0.5) is 0 Å². The third-order valence-electron chi connectivity index (χ3n) is 0.354. The van der Waals surface area contributed by atoms with Gasteiger partial charge in [0.1, 0.15) is 0 Å². The molecule has 0 aliphatic carbocycles. The van der Waals surface area contributed by atoms with Crippen LogP contribution in [-0.2, 0) is 0 Å². The van der Waals surface area contributed by atoms with Gasteiger partial charge in [-0.1, -0.05) is 33.0 Å². The minimum Gasteiger partial charge on any atom is -0.0654 e. The molecule has 0 heteroatoms. The minimum absolute atomic E-state index is 0.183. The van der Waals surface area contributed by atoms with E-state index in [-0.39, 0.29) is 6.42 Å². The third kappa shape index (κ3) is 4.00. The van der Waals surface area contributed by atoms with Crippen molar-refractivity contribution in [3.8, 4) is 0 Å². The highest BCUT2D eigenvalue weighted by Gasteiger charge is 1.68. The van der Waals surface area contributed by atoms with E-state index in [1.807, 2.05) is 0 Å². The molecule has 2 atom stereocenters. The van der Waals surface area contributed by atoms with Crippen LogP contribution < -0.4 is 0 Å². The maximum Gasteiger partial charge on any atom is 0.0266 e. The van der Waals surface area contributed by atoms with Crippen molar-refractivity contribution in [2.24, 2.45) is 0 Å². The van der Waals surface area contributed by atoms with Crippen molar-refractivity contribution in [2.75, 3.05) is 0 Å². The molecule has 0 aromatic carbocycles. The number of hydrogen-bond acceptors (Lipinski definition) is 0. The van der Waals surface area contributed by atoms with Crippen molar-refractivity contribution in [3.63, 3.8) is 0 Å². The molecular formula is C5H12. The molecule has 0 aromatic heterocycles. The molecule has 0 rings (SSSR count). The Morgan fingerprint density at radius 1 is 2.00 bits per heavy atom. The second kappa shape index (κ2) is 4.00. The molecule has 0 bridgehead atoms. The largest absolute Gasteiger partial charge is 0.0654 e. The van der Waals surface area contributed by atoms with Gasteiger partial charge in [0.05, 0.1) is 0 Å². The quantitative estimate of drug-likeness (QED) is 0.474. The van der Waals surface area contributed by atoms with Crippen LogP contribution >= 0.6 is 0 Å². The van der Waals surface area contributed by atoms with Crippen LogP contribution in [0, 0.1) is 0 Å². The lowest BCUT2D eigenvalue weighted by molar-refractivity contribution is 0.772. The second-order valence-electron chi connectivity index (χ2n) is 0.773. The van der Waals surface area contributed by atoms with Gasteiger partial charge in [0.15, 0.2) is 0 Å². The summed E-state index contributed by atoms with van der Waals surface area (Å²) < 4.78 is 34.5. The van der Waals surface area contributed by atoms with E-state index in [2.05, 4.69) is 0 Å². The smallest absolute Gasteiger partial charge is 0.0266 e. The lowest BCUT2D eigenvalue weighted by Gasteiger charge is -1.79. The summed E-state index contributed by atoms with van der Waals surface area (Å²) >= 11 is 0. The van der Waals surface area contributed by atoms with E-state index in [1.165, 1.54) is 6.92 Å². The fraction of sp³-hybridized carbons (Fsp3) is 1.00. The molecule has 0 N–H and O–H groups in total. The maximum atomic E-state index is 7.13. The average molecular weight is 77.2 g/mol. The highest BCUT2D eigenvalue weighted by Crippen LogP contribution is 1.88. The highest BCUT2D eigenvalue weighted by molar-refractivity contribution is 4.24. The van der Waals surface area contributed by atoms with Gasteiger partial charge in [-0.2, -0.15) is 0 Å². The Labute approximate surface area is 41.2 Å². The Bertz CT molecular complexity index is 94.7. The summed E-state index contributed by atoms with van der Waals surface area (Å²) in [5.41, 5.74) is 0. The monoisotopic (exact) mass is 77.1 g/mol. The van der Waals surface area contributed by atoms with Gasteiger partial charge in [-0.05, 0) is 0 Å². The second-order valence-corrected chi connectivity index (χ2v) is 0.773. The first-order valence-corrected chi connectivity index (χ1v) is 1.67. The van der Waals surface area contributed by atoms with Gasteiger partial charge in [-0.3, -0.25) is 0 Å². The Morgan fingerprint density at radius 3 is 3.00 bits per heavy atom. The molecule has 0 saturated heterocycles. The van der Waals surface area contributed by atoms with Gasteiger partial charge in [0.25, 0.3) is 0 Å². The van der Waals surface area contributed by atoms with Crippen molar-refractivity contribution in [2.45, 2.75) is 33.0 Å². The topological polar surface area (TPSA) is 0 Å². The first-order valence-electron chi connectivity index (χ1n) is 4.33. The van der Waals surface area contributed by atoms with Crippen LogP contribution in [0.3, 0.4) is 0 Å². The molecule has 5 heavy (non-hydrogen) atoms. The first-order chi connectivity index (χ1) is 4.33. The van der Waals surface area contributed by atoms with Crippen LogP contribution in [-0.4, -0.2) is 0 Å². The van der Waals surface area contributed by atoms with Crippen LogP contribution in [0.1, 0.15) is 39.8 Å². The SMILES string of the molecule is [2H]C(C)C([2H])CC([2H])([2H])[2H]. The molecule has 32 valence electrons. The molecule has 0 heterocycles. The zero-order valence-electron chi connectivity index (χ0n) is 8.36. The van der Waals surface area contributed by atoms with Crippen molar-refractivity contribution in [1.82, 2.24) is 0 Å². The summed E-state index contributed by atoms with van der Waals surface area (Å²) in [5.74, 6) is 0. The van der Waals surface area contributed by atoms with Crippen molar-refractivity contribution in [1.29, 1.82) is 0 Å². The molecule has 0 aromatic rings. The maximum absolute atomic E-state index is 7.13. The summed E-state index contributed by atoms with van der Waals surface area (Å²) in [6, 6.07) is 0. The fourth-order valence-corrected chi connectivity index (χ4v) is 0.118. The molecule has 2 unspecified atom stereocenters. The molecule has 0 fully saturated rings. The van der Waals surface area contributed by atoms with E-state index < -0.39 is 19.6 Å². The minimum atomic E-state index is -2.05. The third-order valence-corrected chi connectivity index (χ3v) is 0.354. The summed E-state index contributed by atoms with van der Waals surface area (Å²) in [6.45, 7) is -0.523.